The van der Waals surface area contributed by atoms with E-state index >= 15 is 0 Å². The van der Waals surface area contributed by atoms with Gasteiger partial charge in [-0.15, -0.1) is 0 Å². The van der Waals surface area contributed by atoms with Crippen LogP contribution >= 0.6 is 0 Å². The van der Waals surface area contributed by atoms with Gasteiger partial charge in [-0.25, -0.2) is 4.98 Å². The third-order valence-corrected chi connectivity index (χ3v) is 4.44. The topological polar surface area (TPSA) is 69.0 Å². The average Bonchev–Trinajstić information content (AvgIpc) is 2.60. The summed E-state index contributed by atoms with van der Waals surface area (Å²) in [5.41, 5.74) is 0.728. The largest absolute Gasteiger partial charge is 0.385 e. The first-order chi connectivity index (χ1) is 11.3. The summed E-state index contributed by atoms with van der Waals surface area (Å²) in [5, 5.41) is 3.80. The summed E-state index contributed by atoms with van der Waals surface area (Å²) in [6.07, 6.45) is 10.5. The van der Waals surface area contributed by atoms with E-state index in [4.69, 9.17) is 4.74 Å². The molecule has 1 aliphatic rings. The number of nitrogens with zero attached hydrogens (tertiary/aromatic N) is 3. The van der Waals surface area contributed by atoms with Crippen LogP contribution in [0, 0.1) is 0 Å². The van der Waals surface area contributed by atoms with E-state index < -0.39 is 0 Å². The van der Waals surface area contributed by atoms with Crippen LogP contribution in [0.2, 0.25) is 0 Å². The van der Waals surface area contributed by atoms with E-state index in [-0.39, 0.29) is 5.43 Å². The Balaban J connectivity index is 1.89. The van der Waals surface area contributed by atoms with E-state index in [1.807, 2.05) is 6.20 Å². The molecular weight excluding hydrogens is 292 g/mol. The number of nitrogens with one attached hydrogen (secondary N) is 1. The number of anilines is 1. The van der Waals surface area contributed by atoms with E-state index in [2.05, 4.69) is 19.9 Å². The highest BCUT2D eigenvalue weighted by atomic mass is 16.5. The van der Waals surface area contributed by atoms with Crippen molar-refractivity contribution in [1.82, 2.24) is 14.5 Å². The molecule has 0 aromatic carbocycles. The van der Waals surface area contributed by atoms with Crippen LogP contribution in [0.5, 0.6) is 0 Å². The molecule has 0 saturated heterocycles. The molecular formula is C17H24N4O2. The predicted molar refractivity (Wildman–Crippen MR) is 90.9 cm³/mol. The standard InChI is InChI=1S/C17H24N4O2/c1-23-11-5-9-18-17-19-12-14-15(22)8-10-21(16(14)20-17)13-6-3-2-4-7-13/h8,10,12-13H,2-7,9,11H2,1H3,(H,18,19,20). The zero-order valence-corrected chi connectivity index (χ0v) is 13.6. The van der Waals surface area contributed by atoms with Gasteiger partial charge in [0.15, 0.2) is 5.43 Å². The van der Waals surface area contributed by atoms with Gasteiger partial charge in [-0.3, -0.25) is 4.79 Å². The van der Waals surface area contributed by atoms with Gasteiger partial charge in [0.25, 0.3) is 0 Å². The van der Waals surface area contributed by atoms with Crippen LogP contribution in [-0.2, 0) is 4.74 Å². The van der Waals surface area contributed by atoms with Gasteiger partial charge in [0.2, 0.25) is 5.95 Å². The molecule has 0 amide bonds. The molecule has 1 aliphatic carbocycles. The Morgan fingerprint density at radius 3 is 2.96 bits per heavy atom. The number of rotatable bonds is 6. The second-order valence-electron chi connectivity index (χ2n) is 6.08. The highest BCUT2D eigenvalue weighted by Crippen LogP contribution is 2.29. The molecule has 0 aliphatic heterocycles. The Kier molecular flexibility index (Phi) is 5.23. The molecule has 0 spiro atoms. The Morgan fingerprint density at radius 2 is 2.17 bits per heavy atom. The van der Waals surface area contributed by atoms with E-state index in [9.17, 15) is 4.79 Å². The maximum Gasteiger partial charge on any atom is 0.224 e. The molecule has 1 N–H and O–H groups in total. The first kappa shape index (κ1) is 15.9. The van der Waals surface area contributed by atoms with Gasteiger partial charge in [-0.2, -0.15) is 4.98 Å². The number of hydrogen-bond donors (Lipinski definition) is 1. The van der Waals surface area contributed by atoms with Crippen LogP contribution in [0.25, 0.3) is 11.0 Å². The average molecular weight is 316 g/mol. The molecule has 1 fully saturated rings. The van der Waals surface area contributed by atoms with Crippen molar-refractivity contribution in [1.29, 1.82) is 0 Å². The van der Waals surface area contributed by atoms with Crippen molar-refractivity contribution >= 4 is 17.0 Å². The molecule has 6 heteroatoms. The summed E-state index contributed by atoms with van der Waals surface area (Å²) in [7, 11) is 1.69. The zero-order valence-electron chi connectivity index (χ0n) is 13.6. The minimum Gasteiger partial charge on any atom is -0.385 e. The third-order valence-electron chi connectivity index (χ3n) is 4.44. The normalized spacial score (nSPS) is 15.9. The lowest BCUT2D eigenvalue weighted by molar-refractivity contribution is 0.197. The van der Waals surface area contributed by atoms with Crippen molar-refractivity contribution in [3.63, 3.8) is 0 Å². The summed E-state index contributed by atoms with van der Waals surface area (Å²) in [5.74, 6) is 0.573. The molecule has 2 aromatic heterocycles. The van der Waals surface area contributed by atoms with Crippen molar-refractivity contribution in [2.75, 3.05) is 25.6 Å². The molecule has 0 bridgehead atoms. The number of hydrogen-bond acceptors (Lipinski definition) is 5. The van der Waals surface area contributed by atoms with E-state index in [0.29, 0.717) is 24.0 Å². The summed E-state index contributed by atoms with van der Waals surface area (Å²) in [6, 6.07) is 2.06. The number of ether oxygens (including phenoxy) is 1. The molecule has 2 aromatic rings. The van der Waals surface area contributed by atoms with Gasteiger partial charge < -0.3 is 14.6 Å². The van der Waals surface area contributed by atoms with E-state index in [0.717, 1.165) is 31.5 Å². The maximum absolute atomic E-state index is 12.1. The molecule has 2 heterocycles. The lowest BCUT2D eigenvalue weighted by atomic mass is 9.95. The van der Waals surface area contributed by atoms with E-state index in [1.165, 1.54) is 19.3 Å². The van der Waals surface area contributed by atoms with Crippen LogP contribution in [0.1, 0.15) is 44.6 Å². The van der Waals surface area contributed by atoms with Gasteiger partial charge in [-0.1, -0.05) is 19.3 Å². The van der Waals surface area contributed by atoms with Gasteiger partial charge in [0.1, 0.15) is 5.65 Å². The molecule has 23 heavy (non-hydrogen) atoms. The van der Waals surface area contributed by atoms with Gasteiger partial charge >= 0.3 is 0 Å². The zero-order chi connectivity index (χ0) is 16.1. The number of methoxy groups -OCH3 is 1. The highest BCUT2D eigenvalue weighted by molar-refractivity contribution is 5.75. The molecule has 0 unspecified atom stereocenters. The fourth-order valence-corrected chi connectivity index (χ4v) is 3.21. The van der Waals surface area contributed by atoms with Crippen molar-refractivity contribution < 1.29 is 4.74 Å². The summed E-state index contributed by atoms with van der Waals surface area (Å²) < 4.78 is 7.20. The highest BCUT2D eigenvalue weighted by Gasteiger charge is 2.17. The van der Waals surface area contributed by atoms with Crippen LogP contribution in [0.3, 0.4) is 0 Å². The van der Waals surface area contributed by atoms with Crippen LogP contribution in [0.4, 0.5) is 5.95 Å². The Bertz CT molecular complexity index is 707. The smallest absolute Gasteiger partial charge is 0.224 e. The minimum atomic E-state index is -0.0157. The third kappa shape index (κ3) is 3.69. The van der Waals surface area contributed by atoms with Crippen LogP contribution < -0.4 is 10.7 Å². The van der Waals surface area contributed by atoms with Crippen LogP contribution in [-0.4, -0.2) is 34.8 Å². The molecule has 124 valence electrons. The SMILES string of the molecule is COCCCNc1ncc2c(=O)ccn(C3CCCCC3)c2n1. The van der Waals surface area contributed by atoms with E-state index in [1.54, 1.807) is 19.4 Å². The van der Waals surface area contributed by atoms with Crippen molar-refractivity contribution in [2.24, 2.45) is 0 Å². The quantitative estimate of drug-likeness (QED) is 0.830. The lowest BCUT2D eigenvalue weighted by Crippen LogP contribution is -2.18. The second kappa shape index (κ2) is 7.55. The fraction of sp³-hybridized carbons (Fsp3) is 0.588. The second-order valence-corrected chi connectivity index (χ2v) is 6.08. The number of pyridine rings is 1. The van der Waals surface area contributed by atoms with Crippen molar-refractivity contribution in [3.8, 4) is 0 Å². The van der Waals surface area contributed by atoms with Gasteiger partial charge in [-0.05, 0) is 19.3 Å². The monoisotopic (exact) mass is 316 g/mol. The number of aromatic nitrogens is 3. The predicted octanol–water partition coefficient (Wildman–Crippen LogP) is 2.75. The first-order valence-corrected chi connectivity index (χ1v) is 8.40. The Hall–Kier alpha value is -1.95. The van der Waals surface area contributed by atoms with Gasteiger partial charge in [0, 0.05) is 44.8 Å². The molecule has 0 atom stereocenters. The fourth-order valence-electron chi connectivity index (χ4n) is 3.21. The minimum absolute atomic E-state index is 0.0157. The molecule has 1 saturated carbocycles. The number of fused-ring (bicyclic) bond motifs is 1. The van der Waals surface area contributed by atoms with Crippen molar-refractivity contribution in [2.45, 2.75) is 44.6 Å². The summed E-state index contributed by atoms with van der Waals surface area (Å²) >= 11 is 0. The molecule has 3 rings (SSSR count). The Labute approximate surface area is 135 Å². The first-order valence-electron chi connectivity index (χ1n) is 8.40. The van der Waals surface area contributed by atoms with Crippen molar-refractivity contribution in [3.05, 3.63) is 28.7 Å². The van der Waals surface area contributed by atoms with Crippen LogP contribution in [0.15, 0.2) is 23.3 Å². The molecule has 6 nitrogen and oxygen atoms in total. The lowest BCUT2D eigenvalue weighted by Gasteiger charge is -2.25. The van der Waals surface area contributed by atoms with Gasteiger partial charge in [0.05, 0.1) is 5.39 Å². The maximum atomic E-state index is 12.1. The molecule has 0 radical (unpaired) electrons. The Morgan fingerprint density at radius 1 is 1.35 bits per heavy atom. The summed E-state index contributed by atoms with van der Waals surface area (Å²) in [6.45, 7) is 1.45. The summed E-state index contributed by atoms with van der Waals surface area (Å²) in [4.78, 5) is 21.0.